The van der Waals surface area contributed by atoms with Crippen LogP contribution in [0.2, 0.25) is 0 Å². The normalized spacial score (nSPS) is 20.5. The van der Waals surface area contributed by atoms with Crippen molar-refractivity contribution in [3.8, 4) is 17.2 Å². The van der Waals surface area contributed by atoms with Crippen LogP contribution in [0.4, 0.5) is 4.39 Å². The van der Waals surface area contributed by atoms with Gasteiger partial charge in [-0.2, -0.15) is 0 Å². The van der Waals surface area contributed by atoms with E-state index < -0.39 is 24.4 Å². The van der Waals surface area contributed by atoms with Crippen LogP contribution in [0.15, 0.2) is 42.5 Å². The molecular weight excluding hydrogens is 457 g/mol. The molecule has 2 aliphatic heterocycles. The van der Waals surface area contributed by atoms with Crippen molar-refractivity contribution in [3.63, 3.8) is 0 Å². The molecule has 0 amide bonds. The van der Waals surface area contributed by atoms with Crippen molar-refractivity contribution in [2.24, 2.45) is 5.92 Å². The molecule has 2 heterocycles. The molecule has 2 N–H and O–H groups in total. The number of fused-ring (bicyclic) bond motifs is 1. The van der Waals surface area contributed by atoms with Crippen molar-refractivity contribution in [2.45, 2.75) is 24.8 Å². The number of carboxylic acids is 2. The summed E-state index contributed by atoms with van der Waals surface area (Å²) in [5, 5.41) is 18.7. The minimum atomic E-state index is -1.16. The number of likely N-dealkylation sites (tertiary alicyclic amines) is 1. The number of piperidine rings is 1. The number of carboxylic acid groups (broad SMARTS) is 2. The second-order valence-corrected chi connectivity index (χ2v) is 7.98. The fourth-order valence-corrected chi connectivity index (χ4v) is 4.37. The largest absolute Gasteiger partial charge is 0.493 e. The van der Waals surface area contributed by atoms with Gasteiger partial charge < -0.3 is 24.4 Å². The van der Waals surface area contributed by atoms with Crippen LogP contribution in [0.3, 0.4) is 0 Å². The van der Waals surface area contributed by atoms with Crippen LogP contribution in [0, 0.1) is 11.7 Å². The first-order valence-electron chi connectivity index (χ1n) is 10.4. The molecule has 8 nitrogen and oxygen atoms in total. The second kappa shape index (κ2) is 10.7. The maximum Gasteiger partial charge on any atom is 0.321 e. The number of benzene rings is 2. The lowest BCUT2D eigenvalue weighted by Crippen LogP contribution is -2.50. The molecule has 1 saturated heterocycles. The summed E-state index contributed by atoms with van der Waals surface area (Å²) in [4.78, 5) is 24.6. The quantitative estimate of drug-likeness (QED) is 0.591. The number of halogens is 2. The predicted molar refractivity (Wildman–Crippen MR) is 118 cm³/mol. The van der Waals surface area contributed by atoms with E-state index in [1.54, 1.807) is 35.2 Å². The Morgan fingerprint density at radius 1 is 1.12 bits per heavy atom. The number of hydrogen-bond donors (Lipinski definition) is 2. The summed E-state index contributed by atoms with van der Waals surface area (Å²) >= 11 is 0. The van der Waals surface area contributed by atoms with Crippen molar-refractivity contribution >= 4 is 24.3 Å². The van der Waals surface area contributed by atoms with E-state index in [0.717, 1.165) is 5.56 Å². The van der Waals surface area contributed by atoms with Crippen LogP contribution < -0.4 is 14.2 Å². The van der Waals surface area contributed by atoms with Gasteiger partial charge in [0.2, 0.25) is 6.79 Å². The van der Waals surface area contributed by atoms with Gasteiger partial charge in [0.15, 0.2) is 11.5 Å². The van der Waals surface area contributed by atoms with Gasteiger partial charge in [0, 0.05) is 18.5 Å². The molecule has 178 valence electrons. The van der Waals surface area contributed by atoms with E-state index in [1.807, 2.05) is 0 Å². The van der Waals surface area contributed by atoms with Gasteiger partial charge in [-0.05, 0) is 48.7 Å². The highest BCUT2D eigenvalue weighted by Gasteiger charge is 2.37. The van der Waals surface area contributed by atoms with Crippen LogP contribution in [-0.2, 0) is 9.59 Å². The lowest BCUT2D eigenvalue weighted by Gasteiger charge is -2.40. The highest BCUT2D eigenvalue weighted by Crippen LogP contribution is 2.37. The summed E-state index contributed by atoms with van der Waals surface area (Å²) in [6.45, 7) is 1.20. The Balaban J connectivity index is 0.00000306. The minimum Gasteiger partial charge on any atom is -0.493 e. The Hall–Kier alpha value is -3.04. The third-order valence-electron chi connectivity index (χ3n) is 5.97. The molecule has 0 radical (unpaired) electrons. The first-order chi connectivity index (χ1) is 15.4. The van der Waals surface area contributed by atoms with Crippen LogP contribution in [0.1, 0.15) is 24.3 Å². The Morgan fingerprint density at radius 2 is 1.85 bits per heavy atom. The van der Waals surface area contributed by atoms with E-state index in [0.29, 0.717) is 36.8 Å². The lowest BCUT2D eigenvalue weighted by atomic mass is 9.80. The van der Waals surface area contributed by atoms with Gasteiger partial charge in [-0.25, -0.2) is 4.39 Å². The third-order valence-corrected chi connectivity index (χ3v) is 5.97. The fraction of sp³-hybridized carbons (Fsp3) is 0.391. The molecule has 2 aromatic carbocycles. The predicted octanol–water partition coefficient (Wildman–Crippen LogP) is 3.39. The van der Waals surface area contributed by atoms with Gasteiger partial charge >= 0.3 is 11.9 Å². The molecule has 0 spiro atoms. The first kappa shape index (κ1) is 24.6. The van der Waals surface area contributed by atoms with Crippen molar-refractivity contribution in [1.29, 1.82) is 0 Å². The van der Waals surface area contributed by atoms with E-state index >= 15 is 0 Å². The standard InChI is InChI=1S/C23H24FNO7.ClH/c24-16-3-1-14(2-4-16)18-7-8-25(19(23(28)29)10-22(26)27)11-15(18)12-30-17-5-6-20-21(9-17)32-13-31-20;/h1-6,9,15,18-19H,7-8,10-13H2,(H,26,27)(H,28,29);1H/t15-,18-,19?;/m1./s1. The zero-order valence-electron chi connectivity index (χ0n) is 17.7. The van der Waals surface area contributed by atoms with Gasteiger partial charge in [0.05, 0.1) is 13.0 Å². The Morgan fingerprint density at radius 3 is 2.55 bits per heavy atom. The number of ether oxygens (including phenoxy) is 3. The maximum absolute atomic E-state index is 13.4. The summed E-state index contributed by atoms with van der Waals surface area (Å²) in [5.41, 5.74) is 0.940. The van der Waals surface area contributed by atoms with E-state index in [1.165, 1.54) is 12.1 Å². The molecule has 0 bridgehead atoms. The maximum atomic E-state index is 13.4. The molecule has 0 saturated carbocycles. The third kappa shape index (κ3) is 5.85. The molecule has 1 unspecified atom stereocenters. The molecule has 4 rings (SSSR count). The first-order valence-corrected chi connectivity index (χ1v) is 10.4. The molecular formula is C23H25ClFNO7. The number of rotatable bonds is 8. The smallest absolute Gasteiger partial charge is 0.321 e. The van der Waals surface area contributed by atoms with Crippen LogP contribution >= 0.6 is 12.4 Å². The Labute approximate surface area is 196 Å². The van der Waals surface area contributed by atoms with Crippen molar-refractivity contribution in [3.05, 3.63) is 53.8 Å². The minimum absolute atomic E-state index is 0. The van der Waals surface area contributed by atoms with Gasteiger partial charge in [0.25, 0.3) is 0 Å². The molecule has 33 heavy (non-hydrogen) atoms. The number of hydrogen-bond acceptors (Lipinski definition) is 6. The lowest BCUT2D eigenvalue weighted by molar-refractivity contribution is -0.150. The zero-order chi connectivity index (χ0) is 22.7. The van der Waals surface area contributed by atoms with Gasteiger partial charge in [-0.1, -0.05) is 12.1 Å². The second-order valence-electron chi connectivity index (χ2n) is 7.98. The summed E-state index contributed by atoms with van der Waals surface area (Å²) in [5.74, 6) is -0.945. The van der Waals surface area contributed by atoms with Gasteiger partial charge in [0.1, 0.15) is 17.6 Å². The SMILES string of the molecule is Cl.O=C(O)CC(C(=O)O)N1CC[C@H](c2ccc(F)cc2)[C@@H](COc2ccc3c(c2)OCO3)C1. The number of carbonyl (C=O) groups is 2. The van der Waals surface area contributed by atoms with Crippen molar-refractivity contribution < 1.29 is 38.4 Å². The highest BCUT2D eigenvalue weighted by atomic mass is 35.5. The molecule has 0 aromatic heterocycles. The molecule has 10 heteroatoms. The Kier molecular flexibility index (Phi) is 7.99. The summed E-state index contributed by atoms with van der Waals surface area (Å²) in [7, 11) is 0. The average Bonchev–Trinajstić information content (AvgIpc) is 3.24. The zero-order valence-corrected chi connectivity index (χ0v) is 18.5. The van der Waals surface area contributed by atoms with Gasteiger partial charge in [-0.15, -0.1) is 12.4 Å². The summed E-state index contributed by atoms with van der Waals surface area (Å²) < 4.78 is 30.1. The summed E-state index contributed by atoms with van der Waals surface area (Å²) in [6, 6.07) is 10.4. The van der Waals surface area contributed by atoms with Crippen molar-refractivity contribution in [1.82, 2.24) is 4.90 Å². The van der Waals surface area contributed by atoms with E-state index in [-0.39, 0.29) is 43.5 Å². The van der Waals surface area contributed by atoms with E-state index in [2.05, 4.69) is 0 Å². The van der Waals surface area contributed by atoms with Crippen LogP contribution in [0.5, 0.6) is 17.2 Å². The summed E-state index contributed by atoms with van der Waals surface area (Å²) in [6.07, 6.45) is 0.122. The topological polar surface area (TPSA) is 106 Å². The number of nitrogens with zero attached hydrogens (tertiary/aromatic N) is 1. The van der Waals surface area contributed by atoms with Crippen molar-refractivity contribution in [2.75, 3.05) is 26.5 Å². The monoisotopic (exact) mass is 481 g/mol. The molecule has 0 aliphatic carbocycles. The number of aliphatic carboxylic acids is 2. The molecule has 3 atom stereocenters. The van der Waals surface area contributed by atoms with Crippen LogP contribution in [0.25, 0.3) is 0 Å². The molecule has 2 aromatic rings. The van der Waals surface area contributed by atoms with E-state index in [9.17, 15) is 19.1 Å². The van der Waals surface area contributed by atoms with E-state index in [4.69, 9.17) is 19.3 Å². The van der Waals surface area contributed by atoms with Crippen LogP contribution in [-0.4, -0.2) is 59.6 Å². The molecule has 1 fully saturated rings. The molecule has 2 aliphatic rings. The van der Waals surface area contributed by atoms with Gasteiger partial charge in [-0.3, -0.25) is 14.5 Å². The Bertz CT molecular complexity index is 987. The average molecular weight is 482 g/mol. The highest BCUT2D eigenvalue weighted by molar-refractivity contribution is 5.85. The fourth-order valence-electron chi connectivity index (χ4n) is 4.37.